The van der Waals surface area contributed by atoms with Gasteiger partial charge in [0.25, 0.3) is 0 Å². The van der Waals surface area contributed by atoms with E-state index < -0.39 is 12.0 Å². The standard InChI is InChI=1S/C14H17F3O3/c15-14(16,17)20-12-6-4-11(5-7-12)19-10-13(18)8-2-1-3-9-13/h4-7,18H,1-3,8-10H2. The summed E-state index contributed by atoms with van der Waals surface area (Å²) in [6.45, 7) is 0.159. The SMILES string of the molecule is OC1(COc2ccc(OC(F)(F)F)cc2)CCCCC1. The van der Waals surface area contributed by atoms with E-state index >= 15 is 0 Å². The maximum atomic E-state index is 12.0. The van der Waals surface area contributed by atoms with Gasteiger partial charge < -0.3 is 14.6 Å². The molecule has 1 saturated carbocycles. The number of alkyl halides is 3. The van der Waals surface area contributed by atoms with Crippen molar-refractivity contribution in [2.75, 3.05) is 6.61 Å². The quantitative estimate of drug-likeness (QED) is 0.919. The summed E-state index contributed by atoms with van der Waals surface area (Å²) in [5, 5.41) is 10.2. The highest BCUT2D eigenvalue weighted by atomic mass is 19.4. The summed E-state index contributed by atoms with van der Waals surface area (Å²) in [5.74, 6) is 0.125. The van der Waals surface area contributed by atoms with E-state index in [1.165, 1.54) is 24.3 Å². The molecular formula is C14H17F3O3. The first-order valence-corrected chi connectivity index (χ1v) is 6.57. The fraction of sp³-hybridized carbons (Fsp3) is 0.571. The fourth-order valence-corrected chi connectivity index (χ4v) is 2.31. The van der Waals surface area contributed by atoms with E-state index in [0.29, 0.717) is 18.6 Å². The van der Waals surface area contributed by atoms with E-state index in [9.17, 15) is 18.3 Å². The average molecular weight is 290 g/mol. The highest BCUT2D eigenvalue weighted by Gasteiger charge is 2.31. The molecule has 0 atom stereocenters. The van der Waals surface area contributed by atoms with Crippen LogP contribution in [0.4, 0.5) is 13.2 Å². The Balaban J connectivity index is 1.87. The maximum Gasteiger partial charge on any atom is 0.573 e. The first kappa shape index (κ1) is 15.0. The Hall–Kier alpha value is -1.43. The van der Waals surface area contributed by atoms with Crippen LogP contribution in [-0.4, -0.2) is 23.7 Å². The molecule has 0 bridgehead atoms. The first-order valence-electron chi connectivity index (χ1n) is 6.57. The highest BCUT2D eigenvalue weighted by Crippen LogP contribution is 2.29. The Bertz CT molecular complexity index is 422. The molecule has 0 spiro atoms. The van der Waals surface area contributed by atoms with Crippen LogP contribution in [0.1, 0.15) is 32.1 Å². The lowest BCUT2D eigenvalue weighted by Crippen LogP contribution is -2.37. The molecule has 20 heavy (non-hydrogen) atoms. The molecule has 1 aromatic carbocycles. The lowest BCUT2D eigenvalue weighted by Gasteiger charge is -2.31. The minimum atomic E-state index is -4.69. The number of hydrogen-bond donors (Lipinski definition) is 1. The second-order valence-corrected chi connectivity index (χ2v) is 5.09. The number of hydrogen-bond acceptors (Lipinski definition) is 3. The third kappa shape index (κ3) is 4.59. The van der Waals surface area contributed by atoms with Crippen LogP contribution in [0, 0.1) is 0 Å². The van der Waals surface area contributed by atoms with Crippen molar-refractivity contribution < 1.29 is 27.8 Å². The monoisotopic (exact) mass is 290 g/mol. The van der Waals surface area contributed by atoms with Crippen molar-refractivity contribution in [2.24, 2.45) is 0 Å². The van der Waals surface area contributed by atoms with Gasteiger partial charge in [-0.2, -0.15) is 0 Å². The van der Waals surface area contributed by atoms with E-state index in [0.717, 1.165) is 19.3 Å². The van der Waals surface area contributed by atoms with Gasteiger partial charge in [-0.1, -0.05) is 19.3 Å². The van der Waals surface area contributed by atoms with Crippen LogP contribution in [0.3, 0.4) is 0 Å². The minimum Gasteiger partial charge on any atom is -0.491 e. The number of ether oxygens (including phenoxy) is 2. The van der Waals surface area contributed by atoms with Crippen LogP contribution >= 0.6 is 0 Å². The number of benzene rings is 1. The van der Waals surface area contributed by atoms with Crippen LogP contribution in [0.15, 0.2) is 24.3 Å². The number of aliphatic hydroxyl groups is 1. The maximum absolute atomic E-state index is 12.0. The van der Waals surface area contributed by atoms with Crippen molar-refractivity contribution in [3.8, 4) is 11.5 Å². The van der Waals surface area contributed by atoms with Gasteiger partial charge in [-0.15, -0.1) is 13.2 Å². The fourth-order valence-electron chi connectivity index (χ4n) is 2.31. The number of halogens is 3. The summed E-state index contributed by atoms with van der Waals surface area (Å²) in [5.41, 5.74) is -0.820. The first-order chi connectivity index (χ1) is 9.36. The predicted molar refractivity (Wildman–Crippen MR) is 66.7 cm³/mol. The summed E-state index contributed by atoms with van der Waals surface area (Å²) in [6, 6.07) is 5.17. The van der Waals surface area contributed by atoms with E-state index in [-0.39, 0.29) is 12.4 Å². The Morgan fingerprint density at radius 3 is 2.10 bits per heavy atom. The van der Waals surface area contributed by atoms with E-state index in [2.05, 4.69) is 4.74 Å². The van der Waals surface area contributed by atoms with Crippen LogP contribution in [0.2, 0.25) is 0 Å². The number of rotatable bonds is 4. The van der Waals surface area contributed by atoms with Gasteiger partial charge in [0.15, 0.2) is 0 Å². The van der Waals surface area contributed by atoms with Gasteiger partial charge in [-0.05, 0) is 37.1 Å². The highest BCUT2D eigenvalue weighted by molar-refractivity contribution is 5.31. The molecular weight excluding hydrogens is 273 g/mol. The topological polar surface area (TPSA) is 38.7 Å². The smallest absolute Gasteiger partial charge is 0.491 e. The van der Waals surface area contributed by atoms with Crippen molar-refractivity contribution in [1.82, 2.24) is 0 Å². The molecule has 0 saturated heterocycles. The minimum absolute atomic E-state index is 0.159. The Labute approximate surface area is 115 Å². The zero-order valence-electron chi connectivity index (χ0n) is 10.9. The molecule has 0 unspecified atom stereocenters. The second kappa shape index (κ2) is 5.91. The summed E-state index contributed by atoms with van der Waals surface area (Å²) in [4.78, 5) is 0. The summed E-state index contributed by atoms with van der Waals surface area (Å²) >= 11 is 0. The van der Waals surface area contributed by atoms with Gasteiger partial charge in [0.05, 0.1) is 5.60 Å². The molecule has 6 heteroatoms. The molecule has 1 fully saturated rings. The van der Waals surface area contributed by atoms with Crippen molar-refractivity contribution in [1.29, 1.82) is 0 Å². The van der Waals surface area contributed by atoms with Gasteiger partial charge in [-0.3, -0.25) is 0 Å². The largest absolute Gasteiger partial charge is 0.573 e. The van der Waals surface area contributed by atoms with Gasteiger partial charge >= 0.3 is 6.36 Å². The molecule has 3 nitrogen and oxygen atoms in total. The molecule has 0 heterocycles. The lowest BCUT2D eigenvalue weighted by atomic mass is 9.85. The van der Waals surface area contributed by atoms with Crippen LogP contribution in [0.25, 0.3) is 0 Å². The van der Waals surface area contributed by atoms with Crippen LogP contribution in [0.5, 0.6) is 11.5 Å². The molecule has 1 aliphatic carbocycles. The van der Waals surface area contributed by atoms with E-state index in [1.54, 1.807) is 0 Å². The van der Waals surface area contributed by atoms with Crippen LogP contribution < -0.4 is 9.47 Å². The molecule has 112 valence electrons. The van der Waals surface area contributed by atoms with Crippen LogP contribution in [-0.2, 0) is 0 Å². The summed E-state index contributed by atoms with van der Waals surface area (Å²) in [6.07, 6.45) is -0.244. The van der Waals surface area contributed by atoms with Gasteiger partial charge in [-0.25, -0.2) is 0 Å². The summed E-state index contributed by atoms with van der Waals surface area (Å²) in [7, 11) is 0. The summed E-state index contributed by atoms with van der Waals surface area (Å²) < 4.78 is 45.2. The second-order valence-electron chi connectivity index (χ2n) is 5.09. The third-order valence-electron chi connectivity index (χ3n) is 3.35. The molecule has 0 radical (unpaired) electrons. The van der Waals surface area contributed by atoms with Crippen molar-refractivity contribution in [3.05, 3.63) is 24.3 Å². The molecule has 1 aliphatic rings. The lowest BCUT2D eigenvalue weighted by molar-refractivity contribution is -0.274. The zero-order valence-corrected chi connectivity index (χ0v) is 10.9. The van der Waals surface area contributed by atoms with Crippen molar-refractivity contribution >= 4 is 0 Å². The van der Waals surface area contributed by atoms with Gasteiger partial charge in [0, 0.05) is 0 Å². The molecule has 0 aliphatic heterocycles. The third-order valence-corrected chi connectivity index (χ3v) is 3.35. The predicted octanol–water partition coefficient (Wildman–Crippen LogP) is 3.66. The van der Waals surface area contributed by atoms with Crippen molar-refractivity contribution in [3.63, 3.8) is 0 Å². The Morgan fingerprint density at radius 1 is 1.00 bits per heavy atom. The Morgan fingerprint density at radius 2 is 1.55 bits per heavy atom. The van der Waals surface area contributed by atoms with E-state index in [4.69, 9.17) is 4.74 Å². The molecule has 0 amide bonds. The van der Waals surface area contributed by atoms with Gasteiger partial charge in [0.1, 0.15) is 18.1 Å². The average Bonchev–Trinajstić information content (AvgIpc) is 2.37. The van der Waals surface area contributed by atoms with E-state index in [1.807, 2.05) is 0 Å². The Kier molecular flexibility index (Phi) is 4.42. The van der Waals surface area contributed by atoms with Crippen molar-refractivity contribution in [2.45, 2.75) is 44.1 Å². The normalized spacial score (nSPS) is 18.6. The molecule has 2 rings (SSSR count). The van der Waals surface area contributed by atoms with Gasteiger partial charge in [0.2, 0.25) is 0 Å². The zero-order chi connectivity index (χ0) is 14.6. The molecule has 1 N–H and O–H groups in total. The molecule has 1 aromatic rings. The molecule has 0 aromatic heterocycles.